The first-order valence-electron chi connectivity index (χ1n) is 11.1. The largest absolute Gasteiger partial charge is 0.456 e. The zero-order valence-corrected chi connectivity index (χ0v) is 20.6. The van der Waals surface area contributed by atoms with Gasteiger partial charge in [0.2, 0.25) is 5.91 Å². The van der Waals surface area contributed by atoms with Gasteiger partial charge in [-0.3, -0.25) is 14.5 Å². The van der Waals surface area contributed by atoms with Crippen LogP contribution in [0.4, 0.5) is 5.82 Å². The summed E-state index contributed by atoms with van der Waals surface area (Å²) < 4.78 is 6.14. The number of ether oxygens (including phenoxy) is 1. The minimum Gasteiger partial charge on any atom is -0.456 e. The zero-order chi connectivity index (χ0) is 25.3. The lowest BCUT2D eigenvalue weighted by Crippen LogP contribution is -2.39. The van der Waals surface area contributed by atoms with E-state index in [4.69, 9.17) is 16.3 Å². The maximum absolute atomic E-state index is 14.0. The highest BCUT2D eigenvalue weighted by Crippen LogP contribution is 2.30. The van der Waals surface area contributed by atoms with Crippen molar-refractivity contribution in [1.82, 2.24) is 9.97 Å². The van der Waals surface area contributed by atoms with Gasteiger partial charge in [0.15, 0.2) is 10.4 Å². The van der Waals surface area contributed by atoms with Crippen LogP contribution < -0.4 is 4.90 Å². The summed E-state index contributed by atoms with van der Waals surface area (Å²) >= 11 is 7.25. The Kier molecular flexibility index (Phi) is 8.40. The highest BCUT2D eigenvalue weighted by atomic mass is 35.5. The van der Waals surface area contributed by atoms with Crippen LogP contribution in [0.5, 0.6) is 0 Å². The van der Waals surface area contributed by atoms with Gasteiger partial charge >= 0.3 is 5.97 Å². The molecule has 0 aliphatic heterocycles. The van der Waals surface area contributed by atoms with Gasteiger partial charge in [0, 0.05) is 17.3 Å². The van der Waals surface area contributed by atoms with E-state index in [9.17, 15) is 14.9 Å². The molecule has 9 heteroatoms. The van der Waals surface area contributed by atoms with E-state index >= 15 is 0 Å². The van der Waals surface area contributed by atoms with E-state index in [1.54, 1.807) is 85.2 Å². The molecule has 0 saturated heterocycles. The first kappa shape index (κ1) is 25.0. The van der Waals surface area contributed by atoms with Crippen LogP contribution in [0.2, 0.25) is 4.47 Å². The van der Waals surface area contributed by atoms with Gasteiger partial charge in [-0.2, -0.15) is 5.26 Å². The van der Waals surface area contributed by atoms with E-state index < -0.39 is 23.9 Å². The number of esters is 1. The van der Waals surface area contributed by atoms with Crippen LogP contribution in [0.15, 0.2) is 91.3 Å². The molecule has 0 bridgehead atoms. The molecule has 0 N–H and O–H groups in total. The number of aromatic nitrogens is 2. The predicted octanol–water partition coefficient (Wildman–Crippen LogP) is 5.71. The number of halogens is 1. The smallest absolute Gasteiger partial charge is 0.323 e. The molecule has 180 valence electrons. The molecular weight excluding hydrogens is 496 g/mol. The molecule has 2 aromatic heterocycles. The van der Waals surface area contributed by atoms with Crippen LogP contribution in [0, 0.1) is 11.3 Å². The molecule has 0 spiro atoms. The average molecular weight is 517 g/mol. The van der Waals surface area contributed by atoms with Crippen molar-refractivity contribution in [2.75, 3.05) is 4.90 Å². The molecule has 7 nitrogen and oxygen atoms in total. The molecule has 2 atom stereocenters. The number of pyridine rings is 1. The molecule has 0 radical (unpaired) electrons. The summed E-state index contributed by atoms with van der Waals surface area (Å²) in [6.45, 7) is 0.122. The summed E-state index contributed by atoms with van der Waals surface area (Å²) in [5.41, 5.74) is 1.15. The molecule has 1 amide bonds. The number of amides is 1. The number of thiazole rings is 1. The Morgan fingerprint density at radius 2 is 1.64 bits per heavy atom. The fourth-order valence-corrected chi connectivity index (χ4v) is 4.63. The summed E-state index contributed by atoms with van der Waals surface area (Å²) in [4.78, 5) is 38.2. The van der Waals surface area contributed by atoms with Crippen LogP contribution in [0.25, 0.3) is 0 Å². The normalized spacial score (nSPS) is 12.2. The van der Waals surface area contributed by atoms with Gasteiger partial charge < -0.3 is 4.74 Å². The SMILES string of the molecule is N#CCC(OC(=O)C(C(=O)N(Cc1cnc(Cl)s1)c1ccccn1)c1ccccc1)c1ccccc1. The fraction of sp³-hybridized carbons (Fsp3) is 0.148. The maximum Gasteiger partial charge on any atom is 0.323 e. The molecule has 0 aliphatic carbocycles. The van der Waals surface area contributed by atoms with E-state index in [0.717, 1.165) is 4.88 Å². The van der Waals surface area contributed by atoms with Gasteiger partial charge in [0.25, 0.3) is 0 Å². The minimum absolute atomic E-state index is 0.0469. The van der Waals surface area contributed by atoms with Gasteiger partial charge in [-0.05, 0) is 23.3 Å². The zero-order valence-electron chi connectivity index (χ0n) is 19.0. The van der Waals surface area contributed by atoms with Crippen molar-refractivity contribution in [1.29, 1.82) is 5.26 Å². The van der Waals surface area contributed by atoms with Gasteiger partial charge in [0.05, 0.1) is 19.0 Å². The summed E-state index contributed by atoms with van der Waals surface area (Å²) in [5.74, 6) is -2.17. The molecular formula is C27H21ClN4O3S. The standard InChI is InChI=1S/C27H21ClN4O3S/c28-27-31-17-21(36-27)18-32(23-13-7-8-16-30-23)25(33)24(20-11-5-2-6-12-20)26(34)35-22(14-15-29)19-9-3-1-4-10-19/h1-13,16-17,22,24H,14,18H2. The van der Waals surface area contributed by atoms with E-state index in [-0.39, 0.29) is 13.0 Å². The van der Waals surface area contributed by atoms with Crippen molar-refractivity contribution in [2.24, 2.45) is 0 Å². The topological polar surface area (TPSA) is 96.2 Å². The van der Waals surface area contributed by atoms with Crippen LogP contribution in [-0.2, 0) is 20.9 Å². The number of carbonyl (C=O) groups is 2. The molecule has 0 aliphatic rings. The summed E-state index contributed by atoms with van der Waals surface area (Å²) in [6, 6.07) is 25.0. The lowest BCUT2D eigenvalue weighted by molar-refractivity contribution is -0.153. The molecule has 0 saturated carbocycles. The first-order valence-corrected chi connectivity index (χ1v) is 12.3. The lowest BCUT2D eigenvalue weighted by atomic mass is 9.97. The highest BCUT2D eigenvalue weighted by Gasteiger charge is 2.36. The van der Waals surface area contributed by atoms with Gasteiger partial charge in [-0.15, -0.1) is 11.3 Å². The Morgan fingerprint density at radius 1 is 0.972 bits per heavy atom. The van der Waals surface area contributed by atoms with E-state index in [2.05, 4.69) is 16.0 Å². The molecule has 4 aromatic rings. The van der Waals surface area contributed by atoms with E-state index in [1.165, 1.54) is 16.2 Å². The Balaban J connectivity index is 1.70. The van der Waals surface area contributed by atoms with E-state index in [0.29, 0.717) is 21.4 Å². The van der Waals surface area contributed by atoms with Crippen molar-refractivity contribution < 1.29 is 14.3 Å². The second-order valence-corrected chi connectivity index (χ2v) is 9.43. The number of nitriles is 1. The molecule has 2 unspecified atom stereocenters. The predicted molar refractivity (Wildman–Crippen MR) is 137 cm³/mol. The van der Waals surface area contributed by atoms with Crippen molar-refractivity contribution in [3.8, 4) is 6.07 Å². The highest BCUT2D eigenvalue weighted by molar-refractivity contribution is 7.15. The fourth-order valence-electron chi connectivity index (χ4n) is 3.67. The number of hydrogen-bond acceptors (Lipinski definition) is 7. The third kappa shape index (κ3) is 6.13. The summed E-state index contributed by atoms with van der Waals surface area (Å²) in [5, 5.41) is 9.34. The number of anilines is 1. The Bertz CT molecular complexity index is 1340. The average Bonchev–Trinajstić information content (AvgIpc) is 3.33. The Hall–Kier alpha value is -4.06. The van der Waals surface area contributed by atoms with Crippen LogP contribution in [0.3, 0.4) is 0 Å². The quantitative estimate of drug-likeness (QED) is 0.209. The van der Waals surface area contributed by atoms with Gasteiger partial charge in [-0.25, -0.2) is 9.97 Å². The Labute approximate surface area is 217 Å². The minimum atomic E-state index is -1.28. The summed E-state index contributed by atoms with van der Waals surface area (Å²) in [6.07, 6.45) is 2.30. The second kappa shape index (κ2) is 12.1. The van der Waals surface area contributed by atoms with Crippen LogP contribution >= 0.6 is 22.9 Å². The van der Waals surface area contributed by atoms with Crippen LogP contribution in [-0.4, -0.2) is 21.8 Å². The molecule has 2 aromatic carbocycles. The number of benzene rings is 2. The summed E-state index contributed by atoms with van der Waals surface area (Å²) in [7, 11) is 0. The molecule has 36 heavy (non-hydrogen) atoms. The van der Waals surface area contributed by atoms with Crippen LogP contribution in [0.1, 0.15) is 34.4 Å². The number of nitrogens with zero attached hydrogens (tertiary/aromatic N) is 4. The number of hydrogen-bond donors (Lipinski definition) is 0. The monoisotopic (exact) mass is 516 g/mol. The van der Waals surface area contributed by atoms with Crippen molar-refractivity contribution >= 4 is 40.6 Å². The maximum atomic E-state index is 14.0. The number of rotatable bonds is 9. The Morgan fingerprint density at radius 3 is 2.22 bits per heavy atom. The third-order valence-corrected chi connectivity index (χ3v) is 6.45. The first-order chi connectivity index (χ1) is 17.6. The van der Waals surface area contributed by atoms with Gasteiger partial charge in [-0.1, -0.05) is 78.3 Å². The second-order valence-electron chi connectivity index (χ2n) is 7.73. The third-order valence-electron chi connectivity index (χ3n) is 5.35. The van der Waals surface area contributed by atoms with Crippen molar-refractivity contribution in [3.63, 3.8) is 0 Å². The number of carbonyl (C=O) groups excluding carboxylic acids is 2. The molecule has 0 fully saturated rings. The molecule has 4 rings (SSSR count). The lowest BCUT2D eigenvalue weighted by Gasteiger charge is -2.27. The van der Waals surface area contributed by atoms with Crippen molar-refractivity contribution in [2.45, 2.75) is 25.0 Å². The van der Waals surface area contributed by atoms with Crippen molar-refractivity contribution in [3.05, 3.63) is 112 Å². The molecule has 2 heterocycles. The van der Waals surface area contributed by atoms with Gasteiger partial charge in [0.1, 0.15) is 11.9 Å². The van der Waals surface area contributed by atoms with E-state index in [1.807, 2.05) is 6.07 Å².